The van der Waals surface area contributed by atoms with Crippen LogP contribution in [-0.4, -0.2) is 23.3 Å². The first-order valence-electron chi connectivity index (χ1n) is 7.10. The lowest BCUT2D eigenvalue weighted by Gasteiger charge is -2.26. The topological polar surface area (TPSA) is 61.4 Å². The lowest BCUT2D eigenvalue weighted by atomic mass is 9.95. The first-order valence-corrected chi connectivity index (χ1v) is 8.18. The molecule has 1 aliphatic carbocycles. The van der Waals surface area contributed by atoms with Gasteiger partial charge in [0.25, 0.3) is 0 Å². The number of rotatable bonds is 3. The van der Waals surface area contributed by atoms with E-state index in [1.807, 2.05) is 24.3 Å². The molecule has 1 aromatic rings. The molecule has 4 nitrogen and oxygen atoms in total. The van der Waals surface area contributed by atoms with Gasteiger partial charge >= 0.3 is 6.03 Å². The van der Waals surface area contributed by atoms with Gasteiger partial charge in [0, 0.05) is 15.8 Å². The number of aliphatic hydroxyl groups is 1. The summed E-state index contributed by atoms with van der Waals surface area (Å²) >= 11 is 2.22. The molecule has 0 heterocycles. The molecule has 0 aromatic heterocycles. The van der Waals surface area contributed by atoms with Crippen LogP contribution < -0.4 is 10.6 Å². The molecule has 1 aromatic carbocycles. The summed E-state index contributed by atoms with van der Waals surface area (Å²) in [6.45, 7) is 0.323. The van der Waals surface area contributed by atoms with Crippen LogP contribution in [0.3, 0.4) is 0 Å². The number of urea groups is 1. The monoisotopic (exact) mass is 388 g/mol. The normalized spacial score (nSPS) is 18.1. The number of carbonyl (C=O) groups is 1. The van der Waals surface area contributed by atoms with Gasteiger partial charge in [0.2, 0.25) is 0 Å². The van der Waals surface area contributed by atoms with Gasteiger partial charge in [-0.05, 0) is 59.7 Å². The van der Waals surface area contributed by atoms with Crippen LogP contribution in [0.1, 0.15) is 38.5 Å². The standard InChI is InChI=1S/C15H21IN2O2/c16-12-5-7-13(8-6-12)18-14(19)17-11-15(20)9-3-1-2-4-10-15/h5-8,20H,1-4,9-11H2,(H2,17,18,19). The molecule has 3 N–H and O–H groups in total. The van der Waals surface area contributed by atoms with E-state index in [1.165, 1.54) is 12.8 Å². The van der Waals surface area contributed by atoms with Gasteiger partial charge in [-0.1, -0.05) is 25.7 Å². The number of hydrogen-bond donors (Lipinski definition) is 3. The molecule has 2 rings (SSSR count). The number of hydrogen-bond acceptors (Lipinski definition) is 2. The van der Waals surface area contributed by atoms with Crippen molar-refractivity contribution in [3.8, 4) is 0 Å². The van der Waals surface area contributed by atoms with Crippen molar-refractivity contribution < 1.29 is 9.90 Å². The Morgan fingerprint density at radius 2 is 1.75 bits per heavy atom. The Kier molecular flexibility index (Phi) is 5.65. The first kappa shape index (κ1) is 15.6. The maximum Gasteiger partial charge on any atom is 0.319 e. The highest BCUT2D eigenvalue weighted by molar-refractivity contribution is 14.1. The Morgan fingerprint density at radius 1 is 1.15 bits per heavy atom. The molecule has 1 aliphatic rings. The molecule has 1 fully saturated rings. The number of halogens is 1. The summed E-state index contributed by atoms with van der Waals surface area (Å²) in [5.74, 6) is 0. The summed E-state index contributed by atoms with van der Waals surface area (Å²) in [6.07, 6.45) is 5.98. The average molecular weight is 388 g/mol. The third-order valence-corrected chi connectivity index (χ3v) is 4.43. The van der Waals surface area contributed by atoms with E-state index in [0.29, 0.717) is 6.54 Å². The largest absolute Gasteiger partial charge is 0.388 e. The molecule has 1 saturated carbocycles. The fraction of sp³-hybridized carbons (Fsp3) is 0.533. The molecule has 5 heteroatoms. The molecule has 0 aliphatic heterocycles. The van der Waals surface area contributed by atoms with Gasteiger partial charge in [-0.2, -0.15) is 0 Å². The third kappa shape index (κ3) is 4.94. The van der Waals surface area contributed by atoms with E-state index in [0.717, 1.165) is 34.9 Å². The predicted molar refractivity (Wildman–Crippen MR) is 88.8 cm³/mol. The fourth-order valence-electron chi connectivity index (χ4n) is 2.52. The number of benzene rings is 1. The van der Waals surface area contributed by atoms with Crippen LogP contribution in [0.15, 0.2) is 24.3 Å². The summed E-state index contributed by atoms with van der Waals surface area (Å²) < 4.78 is 1.13. The van der Waals surface area contributed by atoms with Crippen LogP contribution in [0.25, 0.3) is 0 Å². The molecular formula is C15H21IN2O2. The van der Waals surface area contributed by atoms with E-state index < -0.39 is 5.60 Å². The third-order valence-electron chi connectivity index (χ3n) is 3.71. The molecule has 2 amide bonds. The van der Waals surface area contributed by atoms with Gasteiger partial charge in [0.15, 0.2) is 0 Å². The van der Waals surface area contributed by atoms with Gasteiger partial charge in [-0.15, -0.1) is 0 Å². The van der Waals surface area contributed by atoms with E-state index in [2.05, 4.69) is 33.2 Å². The lowest BCUT2D eigenvalue weighted by Crippen LogP contribution is -2.44. The van der Waals surface area contributed by atoms with Gasteiger partial charge < -0.3 is 15.7 Å². The van der Waals surface area contributed by atoms with Crippen LogP contribution in [0, 0.1) is 3.57 Å². The Morgan fingerprint density at radius 3 is 2.35 bits per heavy atom. The number of anilines is 1. The van der Waals surface area contributed by atoms with Crippen molar-refractivity contribution in [2.45, 2.75) is 44.1 Å². The minimum atomic E-state index is -0.736. The summed E-state index contributed by atoms with van der Waals surface area (Å²) in [4.78, 5) is 11.8. The van der Waals surface area contributed by atoms with Crippen molar-refractivity contribution in [2.24, 2.45) is 0 Å². The van der Waals surface area contributed by atoms with Crippen molar-refractivity contribution in [3.63, 3.8) is 0 Å². The van der Waals surface area contributed by atoms with Crippen molar-refractivity contribution in [1.29, 1.82) is 0 Å². The van der Waals surface area contributed by atoms with Crippen LogP contribution in [0.5, 0.6) is 0 Å². The van der Waals surface area contributed by atoms with Crippen LogP contribution in [0.4, 0.5) is 10.5 Å². The zero-order valence-electron chi connectivity index (χ0n) is 11.5. The fourth-order valence-corrected chi connectivity index (χ4v) is 2.88. The Hall–Kier alpha value is -0.820. The van der Waals surface area contributed by atoms with Gasteiger partial charge in [-0.3, -0.25) is 0 Å². The van der Waals surface area contributed by atoms with Crippen molar-refractivity contribution in [2.75, 3.05) is 11.9 Å². The van der Waals surface area contributed by atoms with Crippen molar-refractivity contribution in [1.82, 2.24) is 5.32 Å². The van der Waals surface area contributed by atoms with Crippen molar-refractivity contribution >= 4 is 34.3 Å². The number of nitrogens with one attached hydrogen (secondary N) is 2. The molecule has 0 saturated heterocycles. The minimum absolute atomic E-state index is 0.260. The van der Waals surface area contributed by atoms with Crippen LogP contribution in [-0.2, 0) is 0 Å². The molecule has 20 heavy (non-hydrogen) atoms. The highest BCUT2D eigenvalue weighted by Gasteiger charge is 2.28. The van der Waals surface area contributed by atoms with Crippen LogP contribution >= 0.6 is 22.6 Å². The average Bonchev–Trinajstić information content (AvgIpc) is 2.65. The molecule has 0 atom stereocenters. The summed E-state index contributed by atoms with van der Waals surface area (Å²) in [6, 6.07) is 7.34. The zero-order valence-corrected chi connectivity index (χ0v) is 13.7. The Labute approximate surface area is 133 Å². The van der Waals surface area contributed by atoms with E-state index in [1.54, 1.807) is 0 Å². The smallest absolute Gasteiger partial charge is 0.319 e. The summed E-state index contributed by atoms with van der Waals surface area (Å²) in [5.41, 5.74) is 0.0238. The number of amides is 2. The Balaban J connectivity index is 1.80. The maximum atomic E-state index is 11.8. The van der Waals surface area contributed by atoms with E-state index in [9.17, 15) is 9.90 Å². The molecule has 0 spiro atoms. The Bertz CT molecular complexity index is 440. The predicted octanol–water partition coefficient (Wildman–Crippen LogP) is 3.50. The second-order valence-electron chi connectivity index (χ2n) is 5.45. The quantitative estimate of drug-likeness (QED) is 0.548. The first-order chi connectivity index (χ1) is 9.57. The highest BCUT2D eigenvalue weighted by atomic mass is 127. The van der Waals surface area contributed by atoms with Gasteiger partial charge in [0.05, 0.1) is 5.60 Å². The second-order valence-corrected chi connectivity index (χ2v) is 6.70. The second kappa shape index (κ2) is 7.26. The summed E-state index contributed by atoms with van der Waals surface area (Å²) in [7, 11) is 0. The minimum Gasteiger partial charge on any atom is -0.388 e. The van der Waals surface area contributed by atoms with Crippen LogP contribution in [0.2, 0.25) is 0 Å². The van der Waals surface area contributed by atoms with Gasteiger partial charge in [0.1, 0.15) is 0 Å². The van der Waals surface area contributed by atoms with E-state index >= 15 is 0 Å². The maximum absolute atomic E-state index is 11.8. The molecular weight excluding hydrogens is 367 g/mol. The number of carbonyl (C=O) groups excluding carboxylic acids is 1. The zero-order chi connectivity index (χ0) is 14.4. The molecule has 110 valence electrons. The highest BCUT2D eigenvalue weighted by Crippen LogP contribution is 2.26. The summed E-state index contributed by atoms with van der Waals surface area (Å²) in [5, 5.41) is 16.0. The molecule has 0 bridgehead atoms. The van der Waals surface area contributed by atoms with E-state index in [-0.39, 0.29) is 6.03 Å². The molecule has 0 radical (unpaired) electrons. The molecule has 0 unspecified atom stereocenters. The van der Waals surface area contributed by atoms with Gasteiger partial charge in [-0.25, -0.2) is 4.79 Å². The van der Waals surface area contributed by atoms with Crippen molar-refractivity contribution in [3.05, 3.63) is 27.8 Å². The lowest BCUT2D eigenvalue weighted by molar-refractivity contribution is 0.0281. The van der Waals surface area contributed by atoms with E-state index in [4.69, 9.17) is 0 Å². The SMILES string of the molecule is O=C(NCC1(O)CCCCCC1)Nc1ccc(I)cc1.